The topological polar surface area (TPSA) is 43.7 Å². The van der Waals surface area contributed by atoms with Gasteiger partial charge in [-0.2, -0.15) is 0 Å². The molecule has 1 aliphatic carbocycles. The van der Waals surface area contributed by atoms with Crippen LogP contribution >= 0.6 is 0 Å². The Kier molecular flexibility index (Phi) is 3.57. The minimum atomic E-state index is -0.358. The van der Waals surface area contributed by atoms with E-state index in [9.17, 15) is 10.2 Å². The molecule has 1 heterocycles. The van der Waals surface area contributed by atoms with Crippen LogP contribution in [0.4, 0.5) is 0 Å². The number of likely N-dealkylation sites (tertiary alicyclic amines) is 1. The van der Waals surface area contributed by atoms with Crippen LogP contribution in [0.25, 0.3) is 0 Å². The summed E-state index contributed by atoms with van der Waals surface area (Å²) in [6.45, 7) is 4.38. The van der Waals surface area contributed by atoms with Crippen molar-refractivity contribution in [1.29, 1.82) is 0 Å². The zero-order valence-electron chi connectivity index (χ0n) is 10.4. The van der Waals surface area contributed by atoms with E-state index >= 15 is 0 Å². The second-order valence-corrected chi connectivity index (χ2v) is 5.81. The van der Waals surface area contributed by atoms with Gasteiger partial charge in [0.15, 0.2) is 0 Å². The minimum Gasteiger partial charge on any atom is -0.394 e. The van der Waals surface area contributed by atoms with Crippen LogP contribution in [0.1, 0.15) is 45.4 Å². The standard InChI is InChI=1S/C13H25NO2/c1-2-13(10-15,11-16)14-8-12(9-14)6-4-3-5-7-12/h15-16H,2-11H2,1H3. The Morgan fingerprint density at radius 1 is 1.06 bits per heavy atom. The Balaban J connectivity index is 1.95. The molecule has 2 rings (SSSR count). The number of nitrogens with zero attached hydrogens (tertiary/aromatic N) is 1. The molecule has 94 valence electrons. The average Bonchev–Trinajstić information content (AvgIpc) is 2.31. The molecule has 0 aromatic rings. The van der Waals surface area contributed by atoms with E-state index in [1.54, 1.807) is 0 Å². The molecule has 0 unspecified atom stereocenters. The lowest BCUT2D eigenvalue weighted by atomic mass is 9.67. The van der Waals surface area contributed by atoms with E-state index in [0.717, 1.165) is 19.5 Å². The average molecular weight is 227 g/mol. The quantitative estimate of drug-likeness (QED) is 0.762. The number of hydrogen-bond donors (Lipinski definition) is 2. The summed E-state index contributed by atoms with van der Waals surface area (Å²) in [6.07, 6.45) is 7.65. The van der Waals surface area contributed by atoms with Crippen molar-refractivity contribution in [3.63, 3.8) is 0 Å². The first-order valence-electron chi connectivity index (χ1n) is 6.67. The van der Waals surface area contributed by atoms with Crippen LogP contribution in [0.2, 0.25) is 0 Å². The molecule has 3 heteroatoms. The van der Waals surface area contributed by atoms with E-state index in [0.29, 0.717) is 5.41 Å². The van der Waals surface area contributed by atoms with Gasteiger partial charge in [0.05, 0.1) is 18.8 Å². The van der Waals surface area contributed by atoms with Gasteiger partial charge in [0.25, 0.3) is 0 Å². The molecular weight excluding hydrogens is 202 g/mol. The van der Waals surface area contributed by atoms with E-state index in [1.165, 1.54) is 32.1 Å². The summed E-state index contributed by atoms with van der Waals surface area (Å²) in [7, 11) is 0. The molecule has 3 nitrogen and oxygen atoms in total. The van der Waals surface area contributed by atoms with Gasteiger partial charge in [-0.15, -0.1) is 0 Å². The van der Waals surface area contributed by atoms with E-state index < -0.39 is 0 Å². The zero-order chi connectivity index (χ0) is 11.6. The largest absolute Gasteiger partial charge is 0.394 e. The summed E-state index contributed by atoms with van der Waals surface area (Å²) in [5.74, 6) is 0. The summed E-state index contributed by atoms with van der Waals surface area (Å²) in [5.41, 5.74) is 0.172. The van der Waals surface area contributed by atoms with Gasteiger partial charge in [-0.3, -0.25) is 4.90 Å². The van der Waals surface area contributed by atoms with Gasteiger partial charge >= 0.3 is 0 Å². The van der Waals surface area contributed by atoms with Crippen LogP contribution in [0, 0.1) is 5.41 Å². The van der Waals surface area contributed by atoms with Gasteiger partial charge in [0.1, 0.15) is 0 Å². The lowest BCUT2D eigenvalue weighted by Gasteiger charge is -2.59. The molecule has 0 atom stereocenters. The highest BCUT2D eigenvalue weighted by molar-refractivity contribution is 5.04. The highest BCUT2D eigenvalue weighted by Gasteiger charge is 2.50. The molecule has 1 saturated carbocycles. The highest BCUT2D eigenvalue weighted by Crippen LogP contribution is 2.46. The first-order valence-corrected chi connectivity index (χ1v) is 6.67. The third kappa shape index (κ3) is 1.89. The summed E-state index contributed by atoms with van der Waals surface area (Å²) in [5, 5.41) is 19.0. The summed E-state index contributed by atoms with van der Waals surface area (Å²) in [6, 6.07) is 0. The maximum atomic E-state index is 9.50. The van der Waals surface area contributed by atoms with Gasteiger partial charge in [0, 0.05) is 13.1 Å². The van der Waals surface area contributed by atoms with Gasteiger partial charge in [-0.05, 0) is 24.7 Å². The van der Waals surface area contributed by atoms with Crippen molar-refractivity contribution in [2.45, 2.75) is 51.0 Å². The lowest BCUT2D eigenvalue weighted by molar-refractivity contribution is -0.129. The molecule has 2 N–H and O–H groups in total. The monoisotopic (exact) mass is 227 g/mol. The van der Waals surface area contributed by atoms with Gasteiger partial charge < -0.3 is 10.2 Å². The van der Waals surface area contributed by atoms with Gasteiger partial charge in [-0.1, -0.05) is 26.2 Å². The predicted octanol–water partition coefficient (Wildman–Crippen LogP) is 1.39. The third-order valence-corrected chi connectivity index (χ3v) is 4.88. The van der Waals surface area contributed by atoms with Crippen molar-refractivity contribution in [1.82, 2.24) is 4.90 Å². The van der Waals surface area contributed by atoms with Crippen molar-refractivity contribution in [2.24, 2.45) is 5.41 Å². The van der Waals surface area contributed by atoms with Crippen molar-refractivity contribution in [3.8, 4) is 0 Å². The van der Waals surface area contributed by atoms with Crippen molar-refractivity contribution in [2.75, 3.05) is 26.3 Å². The number of rotatable bonds is 4. The fraction of sp³-hybridized carbons (Fsp3) is 1.00. The fourth-order valence-corrected chi connectivity index (χ4v) is 3.41. The minimum absolute atomic E-state index is 0.0794. The Morgan fingerprint density at radius 3 is 2.06 bits per heavy atom. The molecule has 0 aromatic heterocycles. The first-order chi connectivity index (χ1) is 7.70. The molecule has 2 aliphatic rings. The van der Waals surface area contributed by atoms with E-state index in [2.05, 4.69) is 11.8 Å². The number of aliphatic hydroxyl groups is 2. The Hall–Kier alpha value is -0.120. The Bertz CT molecular complexity index is 216. The van der Waals surface area contributed by atoms with Crippen molar-refractivity contribution in [3.05, 3.63) is 0 Å². The van der Waals surface area contributed by atoms with Gasteiger partial charge in [-0.25, -0.2) is 0 Å². The second-order valence-electron chi connectivity index (χ2n) is 5.81. The molecule has 1 aliphatic heterocycles. The Labute approximate surface area is 98.5 Å². The molecule has 1 spiro atoms. The molecule has 0 radical (unpaired) electrons. The summed E-state index contributed by atoms with van der Waals surface area (Å²) < 4.78 is 0. The lowest BCUT2D eigenvalue weighted by Crippen LogP contribution is -2.68. The van der Waals surface area contributed by atoms with Crippen molar-refractivity contribution >= 4 is 0 Å². The second kappa shape index (κ2) is 4.63. The van der Waals surface area contributed by atoms with Crippen LogP contribution in [-0.2, 0) is 0 Å². The van der Waals surface area contributed by atoms with Crippen molar-refractivity contribution < 1.29 is 10.2 Å². The maximum absolute atomic E-state index is 9.50. The molecule has 16 heavy (non-hydrogen) atoms. The molecule has 1 saturated heterocycles. The normalized spacial score (nSPS) is 25.7. The van der Waals surface area contributed by atoms with E-state index in [1.807, 2.05) is 0 Å². The number of aliphatic hydroxyl groups excluding tert-OH is 2. The van der Waals surface area contributed by atoms with Crippen LogP contribution in [0.3, 0.4) is 0 Å². The number of hydrogen-bond acceptors (Lipinski definition) is 3. The summed E-state index contributed by atoms with van der Waals surface area (Å²) >= 11 is 0. The first kappa shape index (κ1) is 12.3. The predicted molar refractivity (Wildman–Crippen MR) is 64.3 cm³/mol. The maximum Gasteiger partial charge on any atom is 0.0670 e. The van der Waals surface area contributed by atoms with Crippen LogP contribution < -0.4 is 0 Å². The molecular formula is C13H25NO2. The molecule has 2 fully saturated rings. The Morgan fingerprint density at radius 2 is 1.62 bits per heavy atom. The SMILES string of the molecule is CCC(CO)(CO)N1CC2(CCCCC2)C1. The smallest absolute Gasteiger partial charge is 0.0670 e. The molecule has 0 amide bonds. The molecule has 0 bridgehead atoms. The molecule has 0 aromatic carbocycles. The third-order valence-electron chi connectivity index (χ3n) is 4.88. The highest BCUT2D eigenvalue weighted by atomic mass is 16.3. The van der Waals surface area contributed by atoms with E-state index in [-0.39, 0.29) is 18.8 Å². The van der Waals surface area contributed by atoms with Crippen LogP contribution in [-0.4, -0.2) is 47.0 Å². The fourth-order valence-electron chi connectivity index (χ4n) is 3.41. The van der Waals surface area contributed by atoms with Crippen LogP contribution in [0.15, 0.2) is 0 Å². The van der Waals surface area contributed by atoms with Gasteiger partial charge in [0.2, 0.25) is 0 Å². The summed E-state index contributed by atoms with van der Waals surface area (Å²) in [4.78, 5) is 2.30. The van der Waals surface area contributed by atoms with E-state index in [4.69, 9.17) is 0 Å². The van der Waals surface area contributed by atoms with Crippen LogP contribution in [0.5, 0.6) is 0 Å². The zero-order valence-corrected chi connectivity index (χ0v) is 10.4.